The molecule has 0 aromatic rings. The third-order valence-corrected chi connectivity index (χ3v) is 11.9. The highest BCUT2D eigenvalue weighted by Crippen LogP contribution is 2.72. The highest BCUT2D eigenvalue weighted by molar-refractivity contribution is 5.75. The monoisotopic (exact) mass is 446 g/mol. The summed E-state index contributed by atoms with van der Waals surface area (Å²) in [6.07, 6.45) is 13.5. The SMILES string of the molecule is CC12CCC3C(C)(CC[C@H](O)C3(C)C)C1CCC1C2CC[C@@]2(C(=O)O)CCCC12.CCC. The van der Waals surface area contributed by atoms with E-state index in [1.54, 1.807) is 0 Å². The van der Waals surface area contributed by atoms with Crippen LogP contribution in [0, 0.1) is 51.2 Å². The molecule has 2 N–H and O–H groups in total. The van der Waals surface area contributed by atoms with E-state index in [4.69, 9.17) is 0 Å². The second kappa shape index (κ2) is 8.28. The lowest BCUT2D eigenvalue weighted by Crippen LogP contribution is -2.63. The van der Waals surface area contributed by atoms with Gasteiger partial charge in [-0.25, -0.2) is 0 Å². The molecule has 9 atom stereocenters. The van der Waals surface area contributed by atoms with E-state index >= 15 is 0 Å². The zero-order chi connectivity index (χ0) is 23.5. The van der Waals surface area contributed by atoms with Gasteiger partial charge in [-0.2, -0.15) is 0 Å². The summed E-state index contributed by atoms with van der Waals surface area (Å²) in [6, 6.07) is 0. The molecule has 0 radical (unpaired) electrons. The average molecular weight is 447 g/mol. The first kappa shape index (κ1) is 24.6. The zero-order valence-corrected chi connectivity index (χ0v) is 21.8. The Balaban J connectivity index is 0.000000775. The van der Waals surface area contributed by atoms with Crippen LogP contribution in [0.25, 0.3) is 0 Å². The molecule has 0 heterocycles. The van der Waals surface area contributed by atoms with Crippen LogP contribution in [-0.4, -0.2) is 22.3 Å². The van der Waals surface area contributed by atoms with E-state index in [1.165, 1.54) is 38.5 Å². The molecule has 5 fully saturated rings. The molecule has 5 rings (SSSR count). The molecule has 0 aromatic carbocycles. The lowest BCUT2D eigenvalue weighted by molar-refractivity contribution is -0.216. The summed E-state index contributed by atoms with van der Waals surface area (Å²) < 4.78 is 0. The van der Waals surface area contributed by atoms with Crippen molar-refractivity contribution in [2.75, 3.05) is 0 Å². The summed E-state index contributed by atoms with van der Waals surface area (Å²) in [5.74, 6) is 2.62. The zero-order valence-electron chi connectivity index (χ0n) is 21.8. The number of fused-ring (bicyclic) bond motifs is 7. The Kier molecular flexibility index (Phi) is 6.35. The van der Waals surface area contributed by atoms with Crippen molar-refractivity contribution in [3.8, 4) is 0 Å². The lowest BCUT2D eigenvalue weighted by Gasteiger charge is -2.69. The number of rotatable bonds is 1. The Labute approximate surface area is 197 Å². The van der Waals surface area contributed by atoms with Gasteiger partial charge in [-0.3, -0.25) is 4.79 Å². The Bertz CT molecular complexity index is 715. The molecule has 5 aliphatic rings. The Morgan fingerprint density at radius 2 is 1.44 bits per heavy atom. The first-order valence-corrected chi connectivity index (χ1v) is 13.9. The largest absolute Gasteiger partial charge is 0.481 e. The van der Waals surface area contributed by atoms with Gasteiger partial charge in [0.25, 0.3) is 0 Å². The molecule has 0 amide bonds. The Morgan fingerprint density at radius 1 is 0.781 bits per heavy atom. The molecular formula is C29H50O3. The van der Waals surface area contributed by atoms with Crippen LogP contribution in [0.2, 0.25) is 0 Å². The Morgan fingerprint density at radius 3 is 2.09 bits per heavy atom. The molecule has 5 saturated carbocycles. The van der Waals surface area contributed by atoms with E-state index in [1.807, 2.05) is 0 Å². The van der Waals surface area contributed by atoms with Crippen molar-refractivity contribution < 1.29 is 15.0 Å². The normalized spacial score (nSPS) is 51.2. The van der Waals surface area contributed by atoms with Crippen molar-refractivity contribution in [1.29, 1.82) is 0 Å². The minimum Gasteiger partial charge on any atom is -0.481 e. The van der Waals surface area contributed by atoms with Crippen LogP contribution in [0.3, 0.4) is 0 Å². The predicted octanol–water partition coefficient (Wildman–Crippen LogP) is 7.31. The highest BCUT2D eigenvalue weighted by Gasteiger charge is 2.67. The van der Waals surface area contributed by atoms with Crippen LogP contribution in [0.4, 0.5) is 0 Å². The van der Waals surface area contributed by atoms with Crippen LogP contribution in [0.1, 0.15) is 119 Å². The number of aliphatic carboxylic acids is 1. The fraction of sp³-hybridized carbons (Fsp3) is 0.966. The summed E-state index contributed by atoms with van der Waals surface area (Å²) >= 11 is 0. The second-order valence-electron chi connectivity index (χ2n) is 13.6. The fourth-order valence-electron chi connectivity index (χ4n) is 10.6. The van der Waals surface area contributed by atoms with E-state index in [2.05, 4.69) is 41.5 Å². The van der Waals surface area contributed by atoms with Crippen molar-refractivity contribution >= 4 is 5.97 Å². The van der Waals surface area contributed by atoms with Crippen LogP contribution in [0.5, 0.6) is 0 Å². The van der Waals surface area contributed by atoms with E-state index in [0.29, 0.717) is 34.5 Å². The molecule has 184 valence electrons. The maximum atomic E-state index is 12.3. The summed E-state index contributed by atoms with van der Waals surface area (Å²) in [7, 11) is 0. The van der Waals surface area contributed by atoms with Gasteiger partial charge in [-0.05, 0) is 110 Å². The highest BCUT2D eigenvalue weighted by atomic mass is 16.4. The predicted molar refractivity (Wildman–Crippen MR) is 130 cm³/mol. The van der Waals surface area contributed by atoms with Crippen LogP contribution in [0.15, 0.2) is 0 Å². The smallest absolute Gasteiger partial charge is 0.309 e. The molecule has 32 heavy (non-hydrogen) atoms. The number of hydrogen-bond acceptors (Lipinski definition) is 2. The van der Waals surface area contributed by atoms with Gasteiger partial charge in [0.05, 0.1) is 11.5 Å². The van der Waals surface area contributed by atoms with E-state index < -0.39 is 11.4 Å². The second-order valence-corrected chi connectivity index (χ2v) is 13.6. The van der Waals surface area contributed by atoms with Crippen molar-refractivity contribution in [3.05, 3.63) is 0 Å². The standard InChI is InChI=1S/C26H42O3.C3H8/c1-23(2)19-10-13-24(3)17-9-15-26(22(28)29)12-5-6-18(26)16(17)7-8-20(24)25(19,4)14-11-21(23)27;1-3-2/h16-21,27H,5-15H2,1-4H3,(H,28,29);3H2,1-2H3/t16?,17?,18?,19?,20?,21-,24?,25?,26-;/m0./s1. The number of aliphatic hydroxyl groups excluding tert-OH is 1. The quantitative estimate of drug-likeness (QED) is 0.444. The molecular weight excluding hydrogens is 396 g/mol. The first-order valence-electron chi connectivity index (χ1n) is 13.9. The summed E-state index contributed by atoms with van der Waals surface area (Å²) in [4.78, 5) is 12.3. The summed E-state index contributed by atoms with van der Waals surface area (Å²) in [5, 5.41) is 20.9. The van der Waals surface area contributed by atoms with Gasteiger partial charge >= 0.3 is 5.97 Å². The van der Waals surface area contributed by atoms with Gasteiger partial charge in [0.1, 0.15) is 0 Å². The third-order valence-electron chi connectivity index (χ3n) is 11.9. The van der Waals surface area contributed by atoms with Crippen molar-refractivity contribution in [2.45, 2.75) is 125 Å². The first-order chi connectivity index (χ1) is 15.0. The number of carboxylic acid groups (broad SMARTS) is 1. The van der Waals surface area contributed by atoms with Crippen molar-refractivity contribution in [3.63, 3.8) is 0 Å². The van der Waals surface area contributed by atoms with Crippen molar-refractivity contribution in [2.24, 2.45) is 51.2 Å². The molecule has 0 aliphatic heterocycles. The number of aliphatic hydroxyl groups is 1. The minimum absolute atomic E-state index is 0.0155. The van der Waals surface area contributed by atoms with Gasteiger partial charge in [-0.15, -0.1) is 0 Å². The maximum absolute atomic E-state index is 12.3. The van der Waals surface area contributed by atoms with E-state index in [9.17, 15) is 15.0 Å². The van der Waals surface area contributed by atoms with E-state index in [0.717, 1.165) is 44.4 Å². The van der Waals surface area contributed by atoms with Crippen LogP contribution >= 0.6 is 0 Å². The molecule has 3 heteroatoms. The minimum atomic E-state index is -0.496. The summed E-state index contributed by atoms with van der Waals surface area (Å²) in [6.45, 7) is 14.0. The van der Waals surface area contributed by atoms with Gasteiger partial charge in [-0.1, -0.05) is 54.4 Å². The number of hydrogen-bond donors (Lipinski definition) is 2. The average Bonchev–Trinajstić information content (AvgIpc) is 3.17. The number of carbonyl (C=O) groups is 1. The third kappa shape index (κ3) is 3.26. The fourth-order valence-corrected chi connectivity index (χ4v) is 10.6. The lowest BCUT2D eigenvalue weighted by atomic mass is 9.36. The topological polar surface area (TPSA) is 57.5 Å². The van der Waals surface area contributed by atoms with Crippen molar-refractivity contribution in [1.82, 2.24) is 0 Å². The molecule has 0 saturated heterocycles. The van der Waals surface area contributed by atoms with Gasteiger partial charge < -0.3 is 10.2 Å². The molecule has 0 bridgehead atoms. The molecule has 5 aliphatic carbocycles. The molecule has 0 aromatic heterocycles. The van der Waals surface area contributed by atoms with Crippen LogP contribution in [-0.2, 0) is 4.79 Å². The van der Waals surface area contributed by atoms with Gasteiger partial charge in [0.2, 0.25) is 0 Å². The van der Waals surface area contributed by atoms with Gasteiger partial charge in [0, 0.05) is 0 Å². The van der Waals surface area contributed by atoms with Crippen LogP contribution < -0.4 is 0 Å². The van der Waals surface area contributed by atoms with E-state index in [-0.39, 0.29) is 11.5 Å². The maximum Gasteiger partial charge on any atom is 0.309 e. The Hall–Kier alpha value is -0.570. The summed E-state index contributed by atoms with van der Waals surface area (Å²) in [5.41, 5.74) is 0.307. The van der Waals surface area contributed by atoms with Gasteiger partial charge in [0.15, 0.2) is 0 Å². The number of carboxylic acids is 1. The molecule has 3 nitrogen and oxygen atoms in total. The molecule has 0 spiro atoms. The molecule has 7 unspecified atom stereocenters.